The number of aliphatic hydroxyl groups excluding tert-OH is 1. The first-order valence-electron chi connectivity index (χ1n) is 9.95. The number of benzene rings is 2. The average molecular weight is 427 g/mol. The molecule has 2 aliphatic rings. The summed E-state index contributed by atoms with van der Waals surface area (Å²) >= 11 is 6.04. The van der Waals surface area contributed by atoms with Crippen LogP contribution < -0.4 is 0 Å². The van der Waals surface area contributed by atoms with Crippen molar-refractivity contribution in [2.75, 3.05) is 39.4 Å². The third kappa shape index (κ3) is 4.12. The van der Waals surface area contributed by atoms with Crippen LogP contribution in [0.5, 0.6) is 0 Å². The molecule has 1 amide bonds. The molecule has 30 heavy (non-hydrogen) atoms. The van der Waals surface area contributed by atoms with Crippen molar-refractivity contribution in [1.82, 2.24) is 9.80 Å². The van der Waals surface area contributed by atoms with Gasteiger partial charge in [-0.2, -0.15) is 0 Å². The standard InChI is InChI=1S/C23H23ClN2O4/c24-18-8-6-16(7-9-18)20-19(21(27)17-4-2-1-3-5-17)22(28)23(29)26(20)11-10-25-12-14-30-15-13-25/h1-9,20,27H,10-15H2/t20-/m0/s1. The Morgan fingerprint density at radius 2 is 1.67 bits per heavy atom. The Morgan fingerprint density at radius 1 is 1.00 bits per heavy atom. The van der Waals surface area contributed by atoms with Gasteiger partial charge in [-0.15, -0.1) is 0 Å². The zero-order chi connectivity index (χ0) is 21.1. The number of rotatable bonds is 5. The zero-order valence-electron chi connectivity index (χ0n) is 16.5. The number of nitrogens with zero attached hydrogens (tertiary/aromatic N) is 2. The van der Waals surface area contributed by atoms with Crippen molar-refractivity contribution >= 4 is 29.1 Å². The topological polar surface area (TPSA) is 70.1 Å². The van der Waals surface area contributed by atoms with Crippen molar-refractivity contribution < 1.29 is 19.4 Å². The van der Waals surface area contributed by atoms with Gasteiger partial charge in [-0.3, -0.25) is 14.5 Å². The van der Waals surface area contributed by atoms with Gasteiger partial charge in [0.15, 0.2) is 0 Å². The number of halogens is 1. The molecule has 0 radical (unpaired) electrons. The number of carbonyl (C=O) groups excluding carboxylic acids is 2. The van der Waals surface area contributed by atoms with E-state index in [1.165, 1.54) is 0 Å². The fourth-order valence-electron chi connectivity index (χ4n) is 3.93. The molecule has 0 bridgehead atoms. The van der Waals surface area contributed by atoms with Crippen molar-refractivity contribution in [3.8, 4) is 0 Å². The van der Waals surface area contributed by atoms with Crippen molar-refractivity contribution in [3.63, 3.8) is 0 Å². The summed E-state index contributed by atoms with van der Waals surface area (Å²) in [6.07, 6.45) is 0. The number of likely N-dealkylation sites (tertiary alicyclic amines) is 1. The summed E-state index contributed by atoms with van der Waals surface area (Å²) < 4.78 is 5.38. The molecule has 2 saturated heterocycles. The summed E-state index contributed by atoms with van der Waals surface area (Å²) in [7, 11) is 0. The third-order valence-electron chi connectivity index (χ3n) is 5.53. The molecular formula is C23H23ClN2O4. The second-order valence-corrected chi connectivity index (χ2v) is 7.80. The lowest BCUT2D eigenvalue weighted by molar-refractivity contribution is -0.140. The maximum atomic E-state index is 13.0. The Bertz CT molecular complexity index is 953. The fourth-order valence-corrected chi connectivity index (χ4v) is 4.05. The van der Waals surface area contributed by atoms with Gasteiger partial charge in [-0.25, -0.2) is 0 Å². The summed E-state index contributed by atoms with van der Waals surface area (Å²) in [5, 5.41) is 11.5. The van der Waals surface area contributed by atoms with E-state index in [0.29, 0.717) is 36.9 Å². The molecule has 2 aromatic carbocycles. The molecule has 156 valence electrons. The van der Waals surface area contributed by atoms with E-state index in [-0.39, 0.29) is 11.3 Å². The molecule has 0 saturated carbocycles. The van der Waals surface area contributed by atoms with Crippen molar-refractivity contribution in [3.05, 3.63) is 76.3 Å². The number of hydrogen-bond donors (Lipinski definition) is 1. The first-order valence-corrected chi connectivity index (χ1v) is 10.3. The molecule has 0 unspecified atom stereocenters. The van der Waals surface area contributed by atoms with E-state index in [4.69, 9.17) is 16.3 Å². The summed E-state index contributed by atoms with van der Waals surface area (Å²) in [4.78, 5) is 29.7. The van der Waals surface area contributed by atoms with E-state index < -0.39 is 17.7 Å². The van der Waals surface area contributed by atoms with Crippen LogP contribution in [0.15, 0.2) is 60.2 Å². The highest BCUT2D eigenvalue weighted by Crippen LogP contribution is 2.39. The Hall–Kier alpha value is -2.67. The summed E-state index contributed by atoms with van der Waals surface area (Å²) in [5.41, 5.74) is 1.34. The molecule has 0 aliphatic carbocycles. The van der Waals surface area contributed by atoms with Crippen LogP contribution in [0.3, 0.4) is 0 Å². The molecule has 4 rings (SSSR count). The van der Waals surface area contributed by atoms with Crippen LogP contribution in [-0.4, -0.2) is 66.0 Å². The number of ether oxygens (including phenoxy) is 1. The SMILES string of the molecule is O=C1C(=O)N(CCN2CCOCC2)[C@@H](c2ccc(Cl)cc2)C1=C(O)c1ccccc1. The van der Waals surface area contributed by atoms with Crippen LogP contribution in [0.2, 0.25) is 5.02 Å². The maximum Gasteiger partial charge on any atom is 0.295 e. The quantitative estimate of drug-likeness (QED) is 0.452. The lowest BCUT2D eigenvalue weighted by Gasteiger charge is -2.31. The molecule has 0 aromatic heterocycles. The van der Waals surface area contributed by atoms with Gasteiger partial charge in [0.2, 0.25) is 0 Å². The fraction of sp³-hybridized carbons (Fsp3) is 0.304. The molecule has 7 heteroatoms. The van der Waals surface area contributed by atoms with Crippen LogP contribution in [0.25, 0.3) is 5.76 Å². The van der Waals surface area contributed by atoms with Crippen LogP contribution in [-0.2, 0) is 14.3 Å². The number of Topliss-reactive ketones (excluding diaryl/α,β-unsaturated/α-hetero) is 1. The number of aliphatic hydroxyl groups is 1. The molecule has 1 atom stereocenters. The van der Waals surface area contributed by atoms with Crippen LogP contribution in [0.4, 0.5) is 0 Å². The van der Waals surface area contributed by atoms with Crippen LogP contribution >= 0.6 is 11.6 Å². The number of hydrogen-bond acceptors (Lipinski definition) is 5. The van der Waals surface area contributed by atoms with Crippen molar-refractivity contribution in [2.24, 2.45) is 0 Å². The Balaban J connectivity index is 1.72. The molecule has 2 aromatic rings. The van der Waals surface area contributed by atoms with Gasteiger partial charge in [-0.05, 0) is 17.7 Å². The van der Waals surface area contributed by atoms with Crippen LogP contribution in [0, 0.1) is 0 Å². The minimum absolute atomic E-state index is 0.107. The van der Waals surface area contributed by atoms with Gasteiger partial charge in [0.05, 0.1) is 24.8 Å². The first-order chi connectivity index (χ1) is 14.6. The summed E-state index contributed by atoms with van der Waals surface area (Å²) in [5.74, 6) is -1.43. The van der Waals surface area contributed by atoms with Gasteiger partial charge in [-0.1, -0.05) is 54.1 Å². The van der Waals surface area contributed by atoms with Crippen LogP contribution in [0.1, 0.15) is 17.2 Å². The lowest BCUT2D eigenvalue weighted by atomic mass is 9.95. The third-order valence-corrected chi connectivity index (χ3v) is 5.79. The Kier molecular flexibility index (Phi) is 6.18. The number of carbonyl (C=O) groups is 2. The highest BCUT2D eigenvalue weighted by Gasteiger charge is 2.46. The largest absolute Gasteiger partial charge is 0.507 e. The second kappa shape index (κ2) is 9.00. The number of ketones is 1. The predicted octanol–water partition coefficient (Wildman–Crippen LogP) is 3.09. The zero-order valence-corrected chi connectivity index (χ0v) is 17.2. The number of morpholine rings is 1. The molecule has 2 heterocycles. The minimum atomic E-state index is -0.668. The predicted molar refractivity (Wildman–Crippen MR) is 114 cm³/mol. The van der Waals surface area contributed by atoms with Crippen molar-refractivity contribution in [1.29, 1.82) is 0 Å². The van der Waals surface area contributed by atoms with Gasteiger partial charge in [0.25, 0.3) is 11.7 Å². The number of amides is 1. The highest BCUT2D eigenvalue weighted by molar-refractivity contribution is 6.46. The van der Waals surface area contributed by atoms with E-state index in [9.17, 15) is 14.7 Å². The lowest BCUT2D eigenvalue weighted by Crippen LogP contribution is -2.42. The van der Waals surface area contributed by atoms with Crippen molar-refractivity contribution in [2.45, 2.75) is 6.04 Å². The molecule has 2 fully saturated rings. The van der Waals surface area contributed by atoms with Gasteiger partial charge >= 0.3 is 0 Å². The molecule has 1 N–H and O–H groups in total. The van der Waals surface area contributed by atoms with E-state index in [1.807, 2.05) is 6.07 Å². The first kappa shape index (κ1) is 20.6. The minimum Gasteiger partial charge on any atom is -0.507 e. The second-order valence-electron chi connectivity index (χ2n) is 7.36. The average Bonchev–Trinajstić information content (AvgIpc) is 3.04. The van der Waals surface area contributed by atoms with E-state index >= 15 is 0 Å². The Morgan fingerprint density at radius 3 is 2.33 bits per heavy atom. The smallest absolute Gasteiger partial charge is 0.295 e. The normalized spacial score (nSPS) is 21.9. The summed E-state index contributed by atoms with van der Waals surface area (Å²) in [6.45, 7) is 3.91. The monoisotopic (exact) mass is 426 g/mol. The molecular weight excluding hydrogens is 404 g/mol. The summed E-state index contributed by atoms with van der Waals surface area (Å²) in [6, 6.07) is 15.2. The maximum absolute atomic E-state index is 13.0. The van der Waals surface area contributed by atoms with Gasteiger partial charge in [0, 0.05) is 36.8 Å². The highest BCUT2D eigenvalue weighted by atomic mass is 35.5. The van der Waals surface area contributed by atoms with Gasteiger partial charge < -0.3 is 14.7 Å². The van der Waals surface area contributed by atoms with E-state index in [0.717, 1.165) is 18.7 Å². The van der Waals surface area contributed by atoms with E-state index in [2.05, 4.69) is 4.90 Å². The molecule has 2 aliphatic heterocycles. The Labute approximate surface area is 180 Å². The van der Waals surface area contributed by atoms with E-state index in [1.54, 1.807) is 53.4 Å². The molecule has 0 spiro atoms. The molecule has 6 nitrogen and oxygen atoms in total. The van der Waals surface area contributed by atoms with Gasteiger partial charge in [0.1, 0.15) is 5.76 Å².